The van der Waals surface area contributed by atoms with E-state index in [9.17, 15) is 4.79 Å². The number of likely N-dealkylation sites (N-methyl/N-ethyl adjacent to an activating group) is 1. The first-order valence-corrected chi connectivity index (χ1v) is 5.57. The van der Waals surface area contributed by atoms with Gasteiger partial charge in [0, 0.05) is 12.2 Å². The lowest BCUT2D eigenvalue weighted by Gasteiger charge is -2.14. The Bertz CT molecular complexity index is 359. The minimum atomic E-state index is -0.295. The van der Waals surface area contributed by atoms with Crippen molar-refractivity contribution in [2.24, 2.45) is 5.73 Å². The summed E-state index contributed by atoms with van der Waals surface area (Å²) in [6, 6.07) is -0.257. The zero-order chi connectivity index (χ0) is 12.1. The van der Waals surface area contributed by atoms with E-state index in [2.05, 4.69) is 10.3 Å². The number of carbonyl (C=O) groups excluding carboxylic acids is 1. The smallest absolute Gasteiger partial charge is 0.234 e. The summed E-state index contributed by atoms with van der Waals surface area (Å²) < 4.78 is 2.04. The largest absolute Gasteiger partial charge is 0.368 e. The van der Waals surface area contributed by atoms with E-state index in [-0.39, 0.29) is 11.9 Å². The molecule has 0 bridgehead atoms. The molecule has 0 aliphatic rings. The number of hydrogen-bond donors (Lipinski definition) is 2. The summed E-state index contributed by atoms with van der Waals surface area (Å²) in [4.78, 5) is 15.3. The van der Waals surface area contributed by atoms with Crippen LogP contribution in [0.2, 0.25) is 0 Å². The number of nitrogens with zero attached hydrogens (tertiary/aromatic N) is 2. The van der Waals surface area contributed by atoms with Crippen molar-refractivity contribution in [1.82, 2.24) is 14.9 Å². The monoisotopic (exact) mass is 224 g/mol. The second-order valence-electron chi connectivity index (χ2n) is 3.91. The molecule has 1 aromatic heterocycles. The van der Waals surface area contributed by atoms with E-state index in [0.29, 0.717) is 6.42 Å². The predicted octanol–water partition coefficient (Wildman–Crippen LogP) is 0.353. The number of carbonyl (C=O) groups is 1. The maximum atomic E-state index is 11.1. The number of nitrogens with two attached hydrogens (primary N) is 1. The van der Waals surface area contributed by atoms with Gasteiger partial charge in [0.15, 0.2) is 0 Å². The molecular weight excluding hydrogens is 204 g/mol. The third kappa shape index (κ3) is 3.06. The third-order valence-corrected chi connectivity index (χ3v) is 2.80. The Morgan fingerprint density at radius 1 is 1.62 bits per heavy atom. The molecule has 0 spiro atoms. The van der Waals surface area contributed by atoms with Crippen LogP contribution in [0.15, 0.2) is 6.33 Å². The molecule has 0 saturated carbocycles. The zero-order valence-corrected chi connectivity index (χ0v) is 10.2. The van der Waals surface area contributed by atoms with E-state index in [1.165, 1.54) is 0 Å². The van der Waals surface area contributed by atoms with Gasteiger partial charge in [-0.3, -0.25) is 4.79 Å². The molecule has 0 aliphatic carbocycles. The van der Waals surface area contributed by atoms with Crippen LogP contribution in [0.3, 0.4) is 0 Å². The number of rotatable bonds is 6. The van der Waals surface area contributed by atoms with Crippen molar-refractivity contribution in [1.29, 1.82) is 0 Å². The van der Waals surface area contributed by atoms with Gasteiger partial charge in [0.05, 0.1) is 18.1 Å². The quantitative estimate of drug-likeness (QED) is 0.732. The molecule has 3 N–H and O–H groups in total. The van der Waals surface area contributed by atoms with Crippen LogP contribution < -0.4 is 11.1 Å². The molecule has 1 aromatic rings. The summed E-state index contributed by atoms with van der Waals surface area (Å²) in [6.45, 7) is 7.46. The number of hydrogen-bond acceptors (Lipinski definition) is 3. The minimum Gasteiger partial charge on any atom is -0.368 e. The molecular formula is C11H20N4O. The molecule has 0 radical (unpaired) electrons. The molecule has 1 rings (SSSR count). The molecule has 5 nitrogen and oxygen atoms in total. The normalized spacial score (nSPS) is 12.7. The van der Waals surface area contributed by atoms with Crippen LogP contribution >= 0.6 is 0 Å². The van der Waals surface area contributed by atoms with Crippen LogP contribution in [0.4, 0.5) is 0 Å². The average molecular weight is 224 g/mol. The zero-order valence-electron chi connectivity index (χ0n) is 10.2. The number of nitrogens with one attached hydrogen (secondary N) is 1. The Morgan fingerprint density at radius 2 is 2.31 bits per heavy atom. The van der Waals surface area contributed by atoms with Gasteiger partial charge in [-0.1, -0.05) is 6.92 Å². The van der Waals surface area contributed by atoms with E-state index in [1.807, 2.05) is 25.3 Å². The van der Waals surface area contributed by atoms with Crippen molar-refractivity contribution in [3.63, 3.8) is 0 Å². The standard InChI is InChI=1S/C11H20N4O/c1-4-13-10(11(12)16)5-6-15-7-14-8(2)9(15)3/h7,10,13H,4-6H2,1-3H3,(H2,12,16). The lowest BCUT2D eigenvalue weighted by atomic mass is 10.2. The SMILES string of the molecule is CCNC(CCn1cnc(C)c1C)C(N)=O. The van der Waals surface area contributed by atoms with Crippen molar-refractivity contribution in [2.45, 2.75) is 39.8 Å². The summed E-state index contributed by atoms with van der Waals surface area (Å²) in [7, 11) is 0. The maximum Gasteiger partial charge on any atom is 0.234 e. The van der Waals surface area contributed by atoms with E-state index in [4.69, 9.17) is 5.73 Å². The number of imidazole rings is 1. The van der Waals surface area contributed by atoms with Crippen molar-refractivity contribution >= 4 is 5.91 Å². The lowest BCUT2D eigenvalue weighted by molar-refractivity contribution is -0.120. The highest BCUT2D eigenvalue weighted by Gasteiger charge is 2.14. The van der Waals surface area contributed by atoms with Crippen LogP contribution in [-0.4, -0.2) is 28.0 Å². The summed E-state index contributed by atoms with van der Waals surface area (Å²) >= 11 is 0. The number of aromatic nitrogens is 2. The van der Waals surface area contributed by atoms with E-state index >= 15 is 0 Å². The molecule has 0 saturated heterocycles. The van der Waals surface area contributed by atoms with Gasteiger partial charge in [-0.25, -0.2) is 4.98 Å². The van der Waals surface area contributed by atoms with E-state index < -0.39 is 0 Å². The van der Waals surface area contributed by atoms with E-state index in [0.717, 1.165) is 24.5 Å². The fourth-order valence-electron chi connectivity index (χ4n) is 1.63. The van der Waals surface area contributed by atoms with Crippen LogP contribution in [0.1, 0.15) is 24.7 Å². The molecule has 1 unspecified atom stereocenters. The Morgan fingerprint density at radius 3 is 2.75 bits per heavy atom. The Hall–Kier alpha value is -1.36. The topological polar surface area (TPSA) is 72.9 Å². The third-order valence-electron chi connectivity index (χ3n) is 2.80. The fourth-order valence-corrected chi connectivity index (χ4v) is 1.63. The number of aryl methyl sites for hydroxylation is 2. The minimum absolute atomic E-state index is 0.257. The van der Waals surface area contributed by atoms with Crippen LogP contribution in [0.25, 0.3) is 0 Å². The molecule has 0 fully saturated rings. The second-order valence-corrected chi connectivity index (χ2v) is 3.91. The summed E-state index contributed by atoms with van der Waals surface area (Å²) in [5.41, 5.74) is 7.47. The Balaban J connectivity index is 2.55. The van der Waals surface area contributed by atoms with Gasteiger partial charge in [-0.15, -0.1) is 0 Å². The lowest BCUT2D eigenvalue weighted by Crippen LogP contribution is -2.41. The first-order chi connectivity index (χ1) is 7.56. The van der Waals surface area contributed by atoms with Crippen LogP contribution in [0, 0.1) is 13.8 Å². The first-order valence-electron chi connectivity index (χ1n) is 5.57. The maximum absolute atomic E-state index is 11.1. The van der Waals surface area contributed by atoms with Crippen LogP contribution in [-0.2, 0) is 11.3 Å². The highest BCUT2D eigenvalue weighted by molar-refractivity contribution is 5.79. The van der Waals surface area contributed by atoms with Gasteiger partial charge in [0.1, 0.15) is 0 Å². The molecule has 1 atom stereocenters. The summed E-state index contributed by atoms with van der Waals surface area (Å²) in [5, 5.41) is 3.07. The van der Waals surface area contributed by atoms with Gasteiger partial charge < -0.3 is 15.6 Å². The summed E-state index contributed by atoms with van der Waals surface area (Å²) in [5.74, 6) is -0.295. The molecule has 5 heteroatoms. The molecule has 90 valence electrons. The predicted molar refractivity (Wildman–Crippen MR) is 63.0 cm³/mol. The van der Waals surface area contributed by atoms with Gasteiger partial charge in [-0.05, 0) is 26.8 Å². The molecule has 0 aromatic carbocycles. The average Bonchev–Trinajstić information content (AvgIpc) is 2.55. The molecule has 1 amide bonds. The fraction of sp³-hybridized carbons (Fsp3) is 0.636. The summed E-state index contributed by atoms with van der Waals surface area (Å²) in [6.07, 6.45) is 2.49. The molecule has 16 heavy (non-hydrogen) atoms. The number of primary amides is 1. The highest BCUT2D eigenvalue weighted by Crippen LogP contribution is 2.06. The molecule has 0 aliphatic heterocycles. The van der Waals surface area contributed by atoms with Gasteiger partial charge in [0.2, 0.25) is 5.91 Å². The molecule has 1 heterocycles. The van der Waals surface area contributed by atoms with Gasteiger partial charge >= 0.3 is 0 Å². The van der Waals surface area contributed by atoms with Crippen molar-refractivity contribution < 1.29 is 4.79 Å². The second kappa shape index (κ2) is 5.65. The Labute approximate surface area is 96.0 Å². The first kappa shape index (κ1) is 12.7. The van der Waals surface area contributed by atoms with Gasteiger partial charge in [-0.2, -0.15) is 0 Å². The van der Waals surface area contributed by atoms with Crippen molar-refractivity contribution in [2.75, 3.05) is 6.54 Å². The van der Waals surface area contributed by atoms with Crippen LogP contribution in [0.5, 0.6) is 0 Å². The number of amides is 1. The van der Waals surface area contributed by atoms with E-state index in [1.54, 1.807) is 6.33 Å². The van der Waals surface area contributed by atoms with Crippen molar-refractivity contribution in [3.8, 4) is 0 Å². The highest BCUT2D eigenvalue weighted by atomic mass is 16.1. The van der Waals surface area contributed by atoms with Gasteiger partial charge in [0.25, 0.3) is 0 Å². The Kier molecular flexibility index (Phi) is 4.49. The van der Waals surface area contributed by atoms with Crippen molar-refractivity contribution in [3.05, 3.63) is 17.7 Å².